The van der Waals surface area contributed by atoms with Crippen molar-refractivity contribution < 1.29 is 0 Å². The Labute approximate surface area is 171 Å². The van der Waals surface area contributed by atoms with Gasteiger partial charge in [0.15, 0.2) is 0 Å². The maximum atomic E-state index is 12.2. The molecular formula is C23H27N5O. The van der Waals surface area contributed by atoms with Gasteiger partial charge in [-0.2, -0.15) is 0 Å². The predicted octanol–water partition coefficient (Wildman–Crippen LogP) is 3.47. The second kappa shape index (κ2) is 9.01. The number of likely N-dealkylation sites (tertiary alicyclic amines) is 1. The SMILES string of the molecule is Cc1ccc(CNc2nc(C3CCN(Cc4cccnc4)CC3)cc(=O)[nH]2)cc1. The Kier molecular flexibility index (Phi) is 6.00. The van der Waals surface area contributed by atoms with Gasteiger partial charge in [-0.3, -0.25) is 19.7 Å². The van der Waals surface area contributed by atoms with E-state index in [0.29, 0.717) is 18.4 Å². The largest absolute Gasteiger partial charge is 0.352 e. The molecule has 0 atom stereocenters. The number of hydrogen-bond acceptors (Lipinski definition) is 5. The molecule has 1 fully saturated rings. The van der Waals surface area contributed by atoms with Gasteiger partial charge in [-0.05, 0) is 50.0 Å². The molecule has 3 heterocycles. The van der Waals surface area contributed by atoms with E-state index in [0.717, 1.165) is 43.7 Å². The maximum absolute atomic E-state index is 12.2. The van der Waals surface area contributed by atoms with Crippen molar-refractivity contribution in [2.24, 2.45) is 0 Å². The number of benzene rings is 1. The third-order valence-electron chi connectivity index (χ3n) is 5.48. The van der Waals surface area contributed by atoms with Gasteiger partial charge in [-0.1, -0.05) is 35.9 Å². The Morgan fingerprint density at radius 2 is 1.93 bits per heavy atom. The van der Waals surface area contributed by atoms with E-state index in [9.17, 15) is 4.79 Å². The molecule has 1 aliphatic rings. The van der Waals surface area contributed by atoms with E-state index in [1.165, 1.54) is 11.1 Å². The van der Waals surface area contributed by atoms with E-state index in [4.69, 9.17) is 4.98 Å². The summed E-state index contributed by atoms with van der Waals surface area (Å²) in [6.45, 7) is 5.63. The first-order valence-electron chi connectivity index (χ1n) is 10.2. The van der Waals surface area contributed by atoms with Crippen molar-refractivity contribution >= 4 is 5.95 Å². The zero-order chi connectivity index (χ0) is 20.1. The third kappa shape index (κ3) is 5.29. The fraction of sp³-hybridized carbons (Fsp3) is 0.348. The molecule has 0 amide bonds. The zero-order valence-corrected chi connectivity index (χ0v) is 16.8. The quantitative estimate of drug-likeness (QED) is 0.675. The Morgan fingerprint density at radius 1 is 1.14 bits per heavy atom. The Morgan fingerprint density at radius 3 is 2.66 bits per heavy atom. The van der Waals surface area contributed by atoms with Crippen molar-refractivity contribution in [2.75, 3.05) is 18.4 Å². The molecule has 4 rings (SSSR count). The van der Waals surface area contributed by atoms with Gasteiger partial charge >= 0.3 is 0 Å². The number of aromatic amines is 1. The summed E-state index contributed by atoms with van der Waals surface area (Å²) in [4.78, 5) is 26.3. The second-order valence-electron chi connectivity index (χ2n) is 7.77. The fourth-order valence-electron chi connectivity index (χ4n) is 3.80. The van der Waals surface area contributed by atoms with Crippen molar-refractivity contribution in [1.29, 1.82) is 0 Å². The van der Waals surface area contributed by atoms with E-state index in [2.05, 4.69) is 57.4 Å². The minimum absolute atomic E-state index is 0.0980. The molecule has 3 aromatic rings. The van der Waals surface area contributed by atoms with Crippen LogP contribution in [0.1, 0.15) is 41.1 Å². The van der Waals surface area contributed by atoms with Crippen LogP contribution in [0.3, 0.4) is 0 Å². The summed E-state index contributed by atoms with van der Waals surface area (Å²) in [7, 11) is 0. The van der Waals surface area contributed by atoms with Crippen LogP contribution in [-0.2, 0) is 13.1 Å². The first-order chi connectivity index (χ1) is 14.2. The Hall–Kier alpha value is -2.99. The van der Waals surface area contributed by atoms with Crippen molar-refractivity contribution in [2.45, 2.75) is 38.8 Å². The smallest absolute Gasteiger partial charge is 0.252 e. The van der Waals surface area contributed by atoms with Crippen LogP contribution >= 0.6 is 0 Å². The van der Waals surface area contributed by atoms with Crippen LogP contribution in [0.5, 0.6) is 0 Å². The summed E-state index contributed by atoms with van der Waals surface area (Å²) in [5, 5.41) is 3.26. The monoisotopic (exact) mass is 389 g/mol. The molecule has 0 aliphatic carbocycles. The van der Waals surface area contributed by atoms with E-state index in [1.807, 2.05) is 12.3 Å². The summed E-state index contributed by atoms with van der Waals surface area (Å²) in [5.41, 5.74) is 4.42. The van der Waals surface area contributed by atoms with Gasteiger partial charge < -0.3 is 5.32 Å². The molecule has 0 unspecified atom stereocenters. The summed E-state index contributed by atoms with van der Waals surface area (Å²) < 4.78 is 0. The lowest BCUT2D eigenvalue weighted by atomic mass is 9.93. The summed E-state index contributed by atoms with van der Waals surface area (Å²) in [6.07, 6.45) is 5.75. The van der Waals surface area contributed by atoms with Crippen molar-refractivity contribution in [3.8, 4) is 0 Å². The zero-order valence-electron chi connectivity index (χ0n) is 16.8. The number of anilines is 1. The molecule has 1 aliphatic heterocycles. The van der Waals surface area contributed by atoms with Gasteiger partial charge in [0.1, 0.15) is 0 Å². The molecule has 2 aromatic heterocycles. The first kappa shape index (κ1) is 19.3. The van der Waals surface area contributed by atoms with Crippen LogP contribution in [0.25, 0.3) is 0 Å². The number of H-pyrrole nitrogens is 1. The number of rotatable bonds is 6. The molecule has 29 heavy (non-hydrogen) atoms. The second-order valence-corrected chi connectivity index (χ2v) is 7.77. The lowest BCUT2D eigenvalue weighted by Crippen LogP contribution is -2.33. The van der Waals surface area contributed by atoms with Crippen molar-refractivity contribution in [1.82, 2.24) is 19.9 Å². The molecule has 2 N–H and O–H groups in total. The molecule has 1 saturated heterocycles. The Bertz CT molecular complexity index is 976. The fourth-order valence-corrected chi connectivity index (χ4v) is 3.80. The standard InChI is InChI=1S/C23H27N5O/c1-17-4-6-18(7-5-17)15-25-23-26-21(13-22(29)27-23)20-8-11-28(12-9-20)16-19-3-2-10-24-14-19/h2-7,10,13-14,20H,8-9,11-12,15-16H2,1H3,(H2,25,26,27,29). The number of piperidine rings is 1. The van der Waals surface area contributed by atoms with Crippen molar-refractivity contribution in [3.63, 3.8) is 0 Å². The highest BCUT2D eigenvalue weighted by atomic mass is 16.1. The van der Waals surface area contributed by atoms with Gasteiger partial charge in [-0.25, -0.2) is 4.98 Å². The van der Waals surface area contributed by atoms with E-state index in [-0.39, 0.29) is 5.56 Å². The summed E-state index contributed by atoms with van der Waals surface area (Å²) in [6, 6.07) is 14.1. The molecule has 6 nitrogen and oxygen atoms in total. The van der Waals surface area contributed by atoms with Gasteiger partial charge in [0.2, 0.25) is 5.95 Å². The topological polar surface area (TPSA) is 73.9 Å². The van der Waals surface area contributed by atoms with Crippen LogP contribution in [0.15, 0.2) is 59.7 Å². The third-order valence-corrected chi connectivity index (χ3v) is 5.48. The minimum atomic E-state index is -0.0980. The molecule has 1 aromatic carbocycles. The van der Waals surface area contributed by atoms with Crippen LogP contribution < -0.4 is 10.9 Å². The highest BCUT2D eigenvalue weighted by molar-refractivity contribution is 5.30. The highest BCUT2D eigenvalue weighted by Crippen LogP contribution is 2.27. The minimum Gasteiger partial charge on any atom is -0.352 e. The van der Waals surface area contributed by atoms with Gasteiger partial charge in [0.25, 0.3) is 5.56 Å². The van der Waals surface area contributed by atoms with Gasteiger partial charge in [-0.15, -0.1) is 0 Å². The van der Waals surface area contributed by atoms with Crippen LogP contribution in [0, 0.1) is 6.92 Å². The normalized spacial score (nSPS) is 15.3. The maximum Gasteiger partial charge on any atom is 0.252 e. The lowest BCUT2D eigenvalue weighted by Gasteiger charge is -2.31. The molecule has 6 heteroatoms. The number of aromatic nitrogens is 3. The average Bonchev–Trinajstić information content (AvgIpc) is 2.74. The summed E-state index contributed by atoms with van der Waals surface area (Å²) >= 11 is 0. The van der Waals surface area contributed by atoms with E-state index < -0.39 is 0 Å². The number of pyridine rings is 1. The van der Waals surface area contributed by atoms with E-state index >= 15 is 0 Å². The van der Waals surface area contributed by atoms with Gasteiger partial charge in [0, 0.05) is 37.5 Å². The highest BCUT2D eigenvalue weighted by Gasteiger charge is 2.22. The number of nitrogens with zero attached hydrogens (tertiary/aromatic N) is 3. The molecule has 0 radical (unpaired) electrons. The molecule has 0 bridgehead atoms. The molecule has 0 spiro atoms. The number of nitrogens with one attached hydrogen (secondary N) is 2. The first-order valence-corrected chi connectivity index (χ1v) is 10.2. The van der Waals surface area contributed by atoms with Crippen LogP contribution in [0.4, 0.5) is 5.95 Å². The van der Waals surface area contributed by atoms with Crippen LogP contribution in [-0.4, -0.2) is 32.9 Å². The molecular weight excluding hydrogens is 362 g/mol. The summed E-state index contributed by atoms with van der Waals surface area (Å²) in [5.74, 6) is 0.869. The van der Waals surface area contributed by atoms with Crippen molar-refractivity contribution in [3.05, 3.63) is 87.6 Å². The lowest BCUT2D eigenvalue weighted by molar-refractivity contribution is 0.203. The molecule has 150 valence electrons. The van der Waals surface area contributed by atoms with Crippen LogP contribution in [0.2, 0.25) is 0 Å². The predicted molar refractivity (Wildman–Crippen MR) is 115 cm³/mol. The van der Waals surface area contributed by atoms with E-state index in [1.54, 1.807) is 12.3 Å². The average molecular weight is 390 g/mol. The van der Waals surface area contributed by atoms with Gasteiger partial charge in [0.05, 0.1) is 5.69 Å². The Balaban J connectivity index is 1.36. The number of hydrogen-bond donors (Lipinski definition) is 2. The molecule has 0 saturated carbocycles. The number of aryl methyl sites for hydroxylation is 1.